The van der Waals surface area contributed by atoms with Gasteiger partial charge in [-0.15, -0.1) is 0 Å². The first kappa shape index (κ1) is 20.1. The number of hydrogen-bond acceptors (Lipinski definition) is 7. The Morgan fingerprint density at radius 3 is 2.71 bits per heavy atom. The molecule has 3 aromatic rings. The smallest absolute Gasteiger partial charge is 0.338 e. The predicted octanol–water partition coefficient (Wildman–Crippen LogP) is 3.09. The Morgan fingerprint density at radius 2 is 2.00 bits per heavy atom. The quantitative estimate of drug-likeness (QED) is 0.544. The number of ether oxygens (including phenoxy) is 1. The molecule has 1 aromatic heterocycles. The Labute approximate surface area is 178 Å². The number of esters is 1. The Kier molecular flexibility index (Phi) is 5.40. The van der Waals surface area contributed by atoms with E-state index in [2.05, 4.69) is 20.7 Å². The molecule has 1 amide bonds. The maximum absolute atomic E-state index is 13.3. The van der Waals surface area contributed by atoms with Crippen LogP contribution in [0.15, 0.2) is 66.1 Å². The SMILES string of the molecule is CCOC(=O)c1ccc(NC(=O)C2=C(C)Nc3ncnn3[C@@H]2c2cccc(O)c2)cc1. The Hall–Kier alpha value is -4.14. The van der Waals surface area contributed by atoms with E-state index in [4.69, 9.17) is 4.74 Å². The highest BCUT2D eigenvalue weighted by atomic mass is 16.5. The van der Waals surface area contributed by atoms with E-state index in [1.807, 2.05) is 6.07 Å². The van der Waals surface area contributed by atoms with Crippen molar-refractivity contribution in [3.05, 3.63) is 77.3 Å². The summed E-state index contributed by atoms with van der Waals surface area (Å²) in [5.41, 5.74) is 2.67. The Balaban J connectivity index is 1.65. The van der Waals surface area contributed by atoms with Gasteiger partial charge in [-0.05, 0) is 55.8 Å². The van der Waals surface area contributed by atoms with Gasteiger partial charge in [-0.1, -0.05) is 12.1 Å². The van der Waals surface area contributed by atoms with Crippen molar-refractivity contribution in [3.63, 3.8) is 0 Å². The molecule has 0 saturated carbocycles. The first-order chi connectivity index (χ1) is 15.0. The van der Waals surface area contributed by atoms with Crippen molar-refractivity contribution in [3.8, 4) is 5.75 Å². The molecule has 3 N–H and O–H groups in total. The summed E-state index contributed by atoms with van der Waals surface area (Å²) in [6, 6.07) is 12.6. The van der Waals surface area contributed by atoms with Gasteiger partial charge in [0, 0.05) is 11.4 Å². The second kappa shape index (κ2) is 8.31. The normalized spacial score (nSPS) is 15.1. The van der Waals surface area contributed by atoms with Gasteiger partial charge in [0.1, 0.15) is 18.1 Å². The van der Waals surface area contributed by atoms with Gasteiger partial charge in [-0.2, -0.15) is 10.1 Å². The monoisotopic (exact) mass is 419 g/mol. The van der Waals surface area contributed by atoms with Crippen LogP contribution in [0.2, 0.25) is 0 Å². The predicted molar refractivity (Wildman–Crippen MR) is 114 cm³/mol. The van der Waals surface area contributed by atoms with E-state index in [0.29, 0.717) is 40.6 Å². The van der Waals surface area contributed by atoms with E-state index in [0.717, 1.165) is 0 Å². The summed E-state index contributed by atoms with van der Waals surface area (Å²) in [6.45, 7) is 3.81. The van der Waals surface area contributed by atoms with E-state index in [-0.39, 0.29) is 11.7 Å². The van der Waals surface area contributed by atoms with Crippen LogP contribution in [-0.4, -0.2) is 38.4 Å². The minimum atomic E-state index is -0.579. The van der Waals surface area contributed by atoms with Crippen LogP contribution in [0.5, 0.6) is 5.75 Å². The molecule has 0 spiro atoms. The van der Waals surface area contributed by atoms with Crippen molar-refractivity contribution in [2.24, 2.45) is 0 Å². The molecule has 1 atom stereocenters. The van der Waals surface area contributed by atoms with Gasteiger partial charge in [0.15, 0.2) is 0 Å². The van der Waals surface area contributed by atoms with E-state index in [1.54, 1.807) is 61.0 Å². The Bertz CT molecular complexity index is 1170. The number of aromatic hydroxyl groups is 1. The summed E-state index contributed by atoms with van der Waals surface area (Å²) < 4.78 is 6.58. The zero-order valence-corrected chi connectivity index (χ0v) is 17.0. The minimum Gasteiger partial charge on any atom is -0.508 e. The van der Waals surface area contributed by atoms with E-state index in [1.165, 1.54) is 6.33 Å². The molecule has 0 radical (unpaired) electrons. The average Bonchev–Trinajstić information content (AvgIpc) is 3.21. The van der Waals surface area contributed by atoms with Crippen molar-refractivity contribution < 1.29 is 19.4 Å². The lowest BCUT2D eigenvalue weighted by Gasteiger charge is -2.28. The van der Waals surface area contributed by atoms with Crippen LogP contribution in [-0.2, 0) is 9.53 Å². The van der Waals surface area contributed by atoms with Gasteiger partial charge >= 0.3 is 5.97 Å². The second-order valence-corrected chi connectivity index (χ2v) is 6.94. The molecule has 158 valence electrons. The van der Waals surface area contributed by atoms with Crippen molar-refractivity contribution >= 4 is 23.5 Å². The molecule has 2 aromatic carbocycles. The summed E-state index contributed by atoms with van der Waals surface area (Å²) in [5.74, 6) is -0.174. The third-order valence-corrected chi connectivity index (χ3v) is 4.88. The maximum Gasteiger partial charge on any atom is 0.338 e. The number of carbonyl (C=O) groups excluding carboxylic acids is 2. The highest BCUT2D eigenvalue weighted by Gasteiger charge is 2.33. The number of phenols is 1. The number of carbonyl (C=O) groups is 2. The molecule has 2 heterocycles. The van der Waals surface area contributed by atoms with Gasteiger partial charge < -0.3 is 20.5 Å². The third-order valence-electron chi connectivity index (χ3n) is 4.88. The fourth-order valence-electron chi connectivity index (χ4n) is 3.49. The van der Waals surface area contributed by atoms with Crippen LogP contribution < -0.4 is 10.6 Å². The van der Waals surface area contributed by atoms with Gasteiger partial charge in [0.2, 0.25) is 5.95 Å². The lowest BCUT2D eigenvalue weighted by Crippen LogP contribution is -2.31. The van der Waals surface area contributed by atoms with Gasteiger partial charge in [0.05, 0.1) is 17.7 Å². The molecule has 9 heteroatoms. The summed E-state index contributed by atoms with van der Waals surface area (Å²) in [6.07, 6.45) is 1.40. The first-order valence-electron chi connectivity index (χ1n) is 9.72. The molecule has 0 unspecified atom stereocenters. The van der Waals surface area contributed by atoms with Crippen LogP contribution >= 0.6 is 0 Å². The van der Waals surface area contributed by atoms with Crippen LogP contribution in [0.3, 0.4) is 0 Å². The number of nitrogens with zero attached hydrogens (tertiary/aromatic N) is 3. The fraction of sp³-hybridized carbons (Fsp3) is 0.182. The molecule has 0 fully saturated rings. The number of phenolic OH excluding ortho intramolecular Hbond substituents is 1. The standard InChI is InChI=1S/C22H21N5O4/c1-3-31-21(30)14-7-9-16(10-8-14)26-20(29)18-13(2)25-22-23-12-24-27(22)19(18)15-5-4-6-17(28)11-15/h4-12,19,28H,3H2,1-2H3,(H,26,29)(H,23,24,25)/t19-/m1/s1. The number of fused-ring (bicyclic) bond motifs is 1. The highest BCUT2D eigenvalue weighted by molar-refractivity contribution is 6.06. The summed E-state index contributed by atoms with van der Waals surface area (Å²) in [4.78, 5) is 29.3. The maximum atomic E-state index is 13.3. The highest BCUT2D eigenvalue weighted by Crippen LogP contribution is 2.36. The molecule has 1 aliphatic rings. The third kappa shape index (κ3) is 3.97. The van der Waals surface area contributed by atoms with Crippen molar-refractivity contribution in [1.29, 1.82) is 0 Å². The number of anilines is 2. The van der Waals surface area contributed by atoms with E-state index in [9.17, 15) is 14.7 Å². The largest absolute Gasteiger partial charge is 0.508 e. The zero-order valence-electron chi connectivity index (χ0n) is 17.0. The topological polar surface area (TPSA) is 118 Å². The van der Waals surface area contributed by atoms with E-state index < -0.39 is 12.0 Å². The lowest BCUT2D eigenvalue weighted by molar-refractivity contribution is -0.113. The van der Waals surface area contributed by atoms with Gasteiger partial charge in [0.25, 0.3) is 5.91 Å². The van der Waals surface area contributed by atoms with Crippen molar-refractivity contribution in [2.45, 2.75) is 19.9 Å². The fourth-order valence-corrected chi connectivity index (χ4v) is 3.49. The molecule has 31 heavy (non-hydrogen) atoms. The second-order valence-electron chi connectivity index (χ2n) is 6.94. The Morgan fingerprint density at radius 1 is 1.23 bits per heavy atom. The van der Waals surface area contributed by atoms with Crippen LogP contribution in [0.25, 0.3) is 0 Å². The summed E-state index contributed by atoms with van der Waals surface area (Å²) in [5, 5.41) is 20.2. The molecule has 4 rings (SSSR count). The molecular weight excluding hydrogens is 398 g/mol. The number of benzene rings is 2. The van der Waals surface area contributed by atoms with Crippen molar-refractivity contribution in [2.75, 3.05) is 17.2 Å². The number of rotatable bonds is 5. The molecule has 1 aliphatic heterocycles. The molecule has 9 nitrogen and oxygen atoms in total. The number of nitrogens with one attached hydrogen (secondary N) is 2. The van der Waals surface area contributed by atoms with Gasteiger partial charge in [-0.25, -0.2) is 9.48 Å². The summed E-state index contributed by atoms with van der Waals surface area (Å²) >= 11 is 0. The first-order valence-corrected chi connectivity index (χ1v) is 9.72. The number of amides is 1. The van der Waals surface area contributed by atoms with Crippen LogP contribution in [0.1, 0.15) is 35.8 Å². The number of allylic oxidation sites excluding steroid dienone is 1. The van der Waals surface area contributed by atoms with Crippen molar-refractivity contribution in [1.82, 2.24) is 14.8 Å². The molecule has 0 bridgehead atoms. The van der Waals surface area contributed by atoms with Gasteiger partial charge in [-0.3, -0.25) is 4.79 Å². The lowest BCUT2D eigenvalue weighted by atomic mass is 9.95. The number of aromatic nitrogens is 3. The zero-order chi connectivity index (χ0) is 22.0. The minimum absolute atomic E-state index is 0.0877. The molecular formula is C22H21N5O4. The average molecular weight is 419 g/mol. The van der Waals surface area contributed by atoms with Crippen LogP contribution in [0, 0.1) is 0 Å². The van der Waals surface area contributed by atoms with Crippen LogP contribution in [0.4, 0.5) is 11.6 Å². The van der Waals surface area contributed by atoms with E-state index >= 15 is 0 Å². The summed E-state index contributed by atoms with van der Waals surface area (Å²) in [7, 11) is 0. The molecule has 0 aliphatic carbocycles. The number of hydrogen-bond donors (Lipinski definition) is 3. The molecule has 0 saturated heterocycles.